The van der Waals surface area contributed by atoms with Crippen LogP contribution >= 0.6 is 11.3 Å². The summed E-state index contributed by atoms with van der Waals surface area (Å²) in [5.74, 6) is 2.00. The highest BCUT2D eigenvalue weighted by molar-refractivity contribution is 7.13. The van der Waals surface area contributed by atoms with Crippen LogP contribution in [-0.4, -0.2) is 21.3 Å². The van der Waals surface area contributed by atoms with E-state index in [0.29, 0.717) is 17.2 Å². The summed E-state index contributed by atoms with van der Waals surface area (Å²) < 4.78 is 16.0. The summed E-state index contributed by atoms with van der Waals surface area (Å²) in [7, 11) is 4.86. The highest BCUT2D eigenvalue weighted by Crippen LogP contribution is 2.45. The molecular formula is C13H14O3S. The fourth-order valence-electron chi connectivity index (χ4n) is 1.73. The molecule has 1 aromatic carbocycles. The molecular weight excluding hydrogens is 236 g/mol. The van der Waals surface area contributed by atoms with E-state index in [1.807, 2.05) is 23.6 Å². The monoisotopic (exact) mass is 250 g/mol. The fourth-order valence-corrected chi connectivity index (χ4v) is 2.48. The highest BCUT2D eigenvalue weighted by Gasteiger charge is 2.17. The number of hydrogen-bond acceptors (Lipinski definition) is 4. The van der Waals surface area contributed by atoms with Gasteiger partial charge in [-0.1, -0.05) is 6.07 Å². The third-order valence-corrected chi connectivity index (χ3v) is 3.39. The first-order valence-electron chi connectivity index (χ1n) is 5.14. The third-order valence-electron chi connectivity index (χ3n) is 2.49. The minimum atomic E-state index is 0.626. The van der Waals surface area contributed by atoms with Crippen LogP contribution in [-0.2, 0) is 0 Å². The highest BCUT2D eigenvalue weighted by atomic mass is 32.1. The zero-order valence-corrected chi connectivity index (χ0v) is 10.8. The zero-order valence-electron chi connectivity index (χ0n) is 10.0. The molecule has 0 saturated heterocycles. The van der Waals surface area contributed by atoms with Gasteiger partial charge in [-0.25, -0.2) is 0 Å². The molecule has 0 amide bonds. The number of methoxy groups -OCH3 is 3. The van der Waals surface area contributed by atoms with Crippen LogP contribution in [0.5, 0.6) is 17.2 Å². The predicted octanol–water partition coefficient (Wildman–Crippen LogP) is 3.44. The molecule has 0 saturated carbocycles. The van der Waals surface area contributed by atoms with Gasteiger partial charge in [-0.15, -0.1) is 11.3 Å². The maximum Gasteiger partial charge on any atom is 0.203 e. The Labute approximate surface area is 105 Å². The van der Waals surface area contributed by atoms with Crippen LogP contribution in [0.2, 0.25) is 0 Å². The second-order valence-corrected chi connectivity index (χ2v) is 4.31. The van der Waals surface area contributed by atoms with Crippen molar-refractivity contribution in [2.45, 2.75) is 0 Å². The summed E-state index contributed by atoms with van der Waals surface area (Å²) in [6, 6.07) is 7.92. The van der Waals surface area contributed by atoms with Gasteiger partial charge in [-0.05, 0) is 23.6 Å². The van der Waals surface area contributed by atoms with Crippen molar-refractivity contribution in [2.24, 2.45) is 0 Å². The Bertz CT molecular complexity index is 492. The van der Waals surface area contributed by atoms with Gasteiger partial charge >= 0.3 is 0 Å². The first-order chi connectivity index (χ1) is 8.31. The van der Waals surface area contributed by atoms with E-state index in [2.05, 4.69) is 6.07 Å². The minimum absolute atomic E-state index is 0.626. The Morgan fingerprint density at radius 3 is 2.18 bits per heavy atom. The molecule has 0 aliphatic carbocycles. The smallest absolute Gasteiger partial charge is 0.203 e. The lowest BCUT2D eigenvalue weighted by molar-refractivity contribution is 0.325. The molecule has 1 aromatic heterocycles. The molecule has 17 heavy (non-hydrogen) atoms. The Kier molecular flexibility index (Phi) is 3.54. The SMILES string of the molecule is COc1ccc(-c2cccs2)c(OC)c1OC. The molecule has 4 heteroatoms. The van der Waals surface area contributed by atoms with Crippen molar-refractivity contribution in [3.63, 3.8) is 0 Å². The zero-order chi connectivity index (χ0) is 12.3. The van der Waals surface area contributed by atoms with E-state index in [4.69, 9.17) is 14.2 Å². The molecule has 3 nitrogen and oxygen atoms in total. The molecule has 0 fully saturated rings. The largest absolute Gasteiger partial charge is 0.493 e. The van der Waals surface area contributed by atoms with Crippen LogP contribution in [0.4, 0.5) is 0 Å². The Balaban J connectivity index is 2.61. The van der Waals surface area contributed by atoms with Crippen molar-refractivity contribution in [3.8, 4) is 27.7 Å². The lowest BCUT2D eigenvalue weighted by Crippen LogP contribution is -1.96. The van der Waals surface area contributed by atoms with Crippen molar-refractivity contribution < 1.29 is 14.2 Å². The standard InChI is InChI=1S/C13H14O3S/c1-14-10-7-6-9(11-5-4-8-17-11)12(15-2)13(10)16-3/h4-8H,1-3H3. The number of benzene rings is 1. The van der Waals surface area contributed by atoms with Crippen molar-refractivity contribution >= 4 is 11.3 Å². The molecule has 0 unspecified atom stereocenters. The van der Waals surface area contributed by atoms with Crippen molar-refractivity contribution in [2.75, 3.05) is 21.3 Å². The average Bonchev–Trinajstić information content (AvgIpc) is 2.90. The fraction of sp³-hybridized carbons (Fsp3) is 0.231. The normalized spacial score (nSPS) is 10.1. The van der Waals surface area contributed by atoms with Crippen LogP contribution in [0.1, 0.15) is 0 Å². The van der Waals surface area contributed by atoms with Gasteiger partial charge < -0.3 is 14.2 Å². The first-order valence-corrected chi connectivity index (χ1v) is 6.02. The number of hydrogen-bond donors (Lipinski definition) is 0. The molecule has 2 rings (SSSR count). The van der Waals surface area contributed by atoms with E-state index < -0.39 is 0 Å². The van der Waals surface area contributed by atoms with Crippen molar-refractivity contribution in [1.82, 2.24) is 0 Å². The van der Waals surface area contributed by atoms with E-state index >= 15 is 0 Å². The van der Waals surface area contributed by atoms with Crippen LogP contribution < -0.4 is 14.2 Å². The molecule has 0 spiro atoms. The van der Waals surface area contributed by atoms with E-state index in [-0.39, 0.29) is 0 Å². The number of rotatable bonds is 4. The van der Waals surface area contributed by atoms with E-state index in [1.165, 1.54) is 0 Å². The lowest BCUT2D eigenvalue weighted by Gasteiger charge is -2.14. The predicted molar refractivity (Wildman–Crippen MR) is 69.4 cm³/mol. The van der Waals surface area contributed by atoms with Crippen LogP contribution in [0, 0.1) is 0 Å². The number of thiophene rings is 1. The molecule has 0 bridgehead atoms. The molecule has 0 aliphatic heterocycles. The summed E-state index contributed by atoms with van der Waals surface area (Å²) in [5.41, 5.74) is 1.01. The average molecular weight is 250 g/mol. The molecule has 0 radical (unpaired) electrons. The maximum atomic E-state index is 5.44. The Morgan fingerprint density at radius 1 is 0.882 bits per heavy atom. The summed E-state index contributed by atoms with van der Waals surface area (Å²) in [4.78, 5) is 1.14. The summed E-state index contributed by atoms with van der Waals surface area (Å²) in [6.07, 6.45) is 0. The van der Waals surface area contributed by atoms with Crippen molar-refractivity contribution in [1.29, 1.82) is 0 Å². The second-order valence-electron chi connectivity index (χ2n) is 3.36. The van der Waals surface area contributed by atoms with Gasteiger partial charge in [-0.3, -0.25) is 0 Å². The van der Waals surface area contributed by atoms with Gasteiger partial charge in [0.05, 0.1) is 21.3 Å². The topological polar surface area (TPSA) is 27.7 Å². The van der Waals surface area contributed by atoms with Crippen LogP contribution in [0.15, 0.2) is 29.6 Å². The van der Waals surface area contributed by atoms with E-state index in [0.717, 1.165) is 10.4 Å². The van der Waals surface area contributed by atoms with Gasteiger partial charge in [0, 0.05) is 10.4 Å². The number of ether oxygens (including phenoxy) is 3. The van der Waals surface area contributed by atoms with Gasteiger partial charge in [0.15, 0.2) is 11.5 Å². The van der Waals surface area contributed by atoms with Gasteiger partial charge in [-0.2, -0.15) is 0 Å². The van der Waals surface area contributed by atoms with E-state index in [9.17, 15) is 0 Å². The van der Waals surface area contributed by atoms with E-state index in [1.54, 1.807) is 32.7 Å². The first kappa shape index (κ1) is 11.8. The molecule has 2 aromatic rings. The van der Waals surface area contributed by atoms with Crippen LogP contribution in [0.3, 0.4) is 0 Å². The molecule has 1 heterocycles. The molecule has 0 N–H and O–H groups in total. The summed E-state index contributed by atoms with van der Waals surface area (Å²) in [5, 5.41) is 2.03. The molecule has 90 valence electrons. The van der Waals surface area contributed by atoms with Crippen LogP contribution in [0.25, 0.3) is 10.4 Å². The molecule has 0 atom stereocenters. The second kappa shape index (κ2) is 5.10. The van der Waals surface area contributed by atoms with Crippen molar-refractivity contribution in [3.05, 3.63) is 29.6 Å². The summed E-state index contributed by atoms with van der Waals surface area (Å²) in [6.45, 7) is 0. The Hall–Kier alpha value is -1.68. The Morgan fingerprint density at radius 2 is 1.65 bits per heavy atom. The van der Waals surface area contributed by atoms with Gasteiger partial charge in [0.1, 0.15) is 0 Å². The molecule has 0 aliphatic rings. The summed E-state index contributed by atoms with van der Waals surface area (Å²) >= 11 is 1.66. The van der Waals surface area contributed by atoms with Gasteiger partial charge in [0.25, 0.3) is 0 Å². The third kappa shape index (κ3) is 2.08. The lowest BCUT2D eigenvalue weighted by atomic mass is 10.1. The quantitative estimate of drug-likeness (QED) is 0.832. The maximum absolute atomic E-state index is 5.44. The van der Waals surface area contributed by atoms with Gasteiger partial charge in [0.2, 0.25) is 5.75 Å². The minimum Gasteiger partial charge on any atom is -0.493 e.